The molecule has 5 heteroatoms. The second-order valence-corrected chi connectivity index (χ2v) is 6.09. The molecule has 4 nitrogen and oxygen atoms in total. The fourth-order valence-corrected chi connectivity index (χ4v) is 3.22. The Hall–Kier alpha value is -2.04. The quantitative estimate of drug-likeness (QED) is 0.805. The summed E-state index contributed by atoms with van der Waals surface area (Å²) < 4.78 is 0. The Morgan fingerprint density at radius 1 is 1.22 bits per heavy atom. The second-order valence-electron chi connectivity index (χ2n) is 5.68. The highest BCUT2D eigenvalue weighted by Gasteiger charge is 2.23. The van der Waals surface area contributed by atoms with Crippen LogP contribution in [-0.2, 0) is 6.42 Å². The summed E-state index contributed by atoms with van der Waals surface area (Å²) in [7, 11) is 0. The maximum absolute atomic E-state index is 12.1. The molecule has 1 aliphatic rings. The van der Waals surface area contributed by atoms with Crippen LogP contribution in [0.1, 0.15) is 35.3 Å². The van der Waals surface area contributed by atoms with Gasteiger partial charge in [0.1, 0.15) is 0 Å². The molecule has 3 rings (SSSR count). The van der Waals surface area contributed by atoms with Crippen molar-refractivity contribution < 1.29 is 9.90 Å². The van der Waals surface area contributed by atoms with Gasteiger partial charge in [0.2, 0.25) is 0 Å². The molecular formula is C18H19ClN2O2. The third-order valence-electron chi connectivity index (χ3n) is 4.16. The molecule has 0 heterocycles. The minimum absolute atomic E-state index is 0.0312. The van der Waals surface area contributed by atoms with E-state index in [-0.39, 0.29) is 18.6 Å². The highest BCUT2D eigenvalue weighted by atomic mass is 35.5. The molecule has 2 amide bonds. The second kappa shape index (κ2) is 7.02. The number of carbonyl (C=O) groups is 1. The van der Waals surface area contributed by atoms with Gasteiger partial charge in [0.05, 0.1) is 12.1 Å². The largest absolute Gasteiger partial charge is 0.387 e. The average molecular weight is 331 g/mol. The summed E-state index contributed by atoms with van der Waals surface area (Å²) in [6.45, 7) is 0.115. The number of benzene rings is 2. The molecule has 2 atom stereocenters. The van der Waals surface area contributed by atoms with Gasteiger partial charge in [-0.25, -0.2) is 4.79 Å². The van der Waals surface area contributed by atoms with Gasteiger partial charge in [0.25, 0.3) is 0 Å². The molecule has 0 radical (unpaired) electrons. The van der Waals surface area contributed by atoms with Crippen LogP contribution < -0.4 is 10.6 Å². The van der Waals surface area contributed by atoms with Crippen LogP contribution in [0.15, 0.2) is 48.5 Å². The molecule has 0 saturated heterocycles. The predicted octanol–water partition coefficient (Wildman–Crippen LogP) is 3.36. The molecule has 2 aromatic rings. The van der Waals surface area contributed by atoms with Crippen molar-refractivity contribution in [3.63, 3.8) is 0 Å². The number of halogens is 1. The fourth-order valence-electron chi connectivity index (χ4n) is 2.96. The fraction of sp³-hybridized carbons (Fsp3) is 0.278. The van der Waals surface area contributed by atoms with Crippen molar-refractivity contribution in [2.24, 2.45) is 0 Å². The van der Waals surface area contributed by atoms with E-state index in [0.717, 1.165) is 12.8 Å². The van der Waals surface area contributed by atoms with Crippen LogP contribution in [0.5, 0.6) is 0 Å². The van der Waals surface area contributed by atoms with Gasteiger partial charge in [-0.1, -0.05) is 54.1 Å². The number of aliphatic hydroxyl groups is 1. The van der Waals surface area contributed by atoms with E-state index in [1.165, 1.54) is 11.1 Å². The monoisotopic (exact) mass is 330 g/mol. The molecule has 0 fully saturated rings. The normalized spacial score (nSPS) is 17.4. The first-order valence-electron chi connectivity index (χ1n) is 7.70. The van der Waals surface area contributed by atoms with E-state index in [4.69, 9.17) is 11.6 Å². The molecule has 3 N–H and O–H groups in total. The van der Waals surface area contributed by atoms with Crippen LogP contribution in [0.4, 0.5) is 4.79 Å². The van der Waals surface area contributed by atoms with Gasteiger partial charge >= 0.3 is 6.03 Å². The molecular weight excluding hydrogens is 312 g/mol. The zero-order valence-corrected chi connectivity index (χ0v) is 13.4. The molecule has 23 heavy (non-hydrogen) atoms. The lowest BCUT2D eigenvalue weighted by Gasteiger charge is -2.17. The molecule has 2 unspecified atom stereocenters. The van der Waals surface area contributed by atoms with E-state index >= 15 is 0 Å². The smallest absolute Gasteiger partial charge is 0.315 e. The van der Waals surface area contributed by atoms with E-state index in [2.05, 4.69) is 16.7 Å². The summed E-state index contributed by atoms with van der Waals surface area (Å²) >= 11 is 6.04. The van der Waals surface area contributed by atoms with Crippen LogP contribution in [0, 0.1) is 0 Å². The lowest BCUT2D eigenvalue weighted by Crippen LogP contribution is -2.39. The minimum Gasteiger partial charge on any atom is -0.387 e. The minimum atomic E-state index is -0.828. The zero-order chi connectivity index (χ0) is 16.2. The van der Waals surface area contributed by atoms with E-state index in [0.29, 0.717) is 10.6 Å². The molecule has 0 aromatic heterocycles. The van der Waals surface area contributed by atoms with Gasteiger partial charge in [-0.15, -0.1) is 0 Å². The summed E-state index contributed by atoms with van der Waals surface area (Å²) in [5.74, 6) is 0. The SMILES string of the molecule is O=C(NCC(O)c1ccccc1Cl)NC1CCc2ccccc21. The van der Waals surface area contributed by atoms with Gasteiger partial charge in [-0.3, -0.25) is 0 Å². The number of hydrogen-bond donors (Lipinski definition) is 3. The highest BCUT2D eigenvalue weighted by molar-refractivity contribution is 6.31. The standard InChI is InChI=1S/C18H19ClN2O2/c19-15-8-4-3-7-14(15)17(22)11-20-18(23)21-16-10-9-12-5-1-2-6-13(12)16/h1-8,16-17,22H,9-11H2,(H2,20,21,23). The third-order valence-corrected chi connectivity index (χ3v) is 4.50. The first-order chi connectivity index (χ1) is 11.1. The first-order valence-corrected chi connectivity index (χ1v) is 8.07. The van der Waals surface area contributed by atoms with Crippen LogP contribution >= 0.6 is 11.6 Å². The molecule has 0 bridgehead atoms. The molecule has 2 aromatic carbocycles. The van der Waals surface area contributed by atoms with Crippen LogP contribution in [0.3, 0.4) is 0 Å². The number of amides is 2. The molecule has 0 saturated carbocycles. The van der Waals surface area contributed by atoms with Crippen molar-refractivity contribution in [3.8, 4) is 0 Å². The Morgan fingerprint density at radius 3 is 2.78 bits per heavy atom. The van der Waals surface area contributed by atoms with Crippen molar-refractivity contribution in [1.29, 1.82) is 0 Å². The van der Waals surface area contributed by atoms with Gasteiger partial charge in [0.15, 0.2) is 0 Å². The Labute approximate surface area is 140 Å². The Bertz CT molecular complexity index is 705. The highest BCUT2D eigenvalue weighted by Crippen LogP contribution is 2.30. The van der Waals surface area contributed by atoms with Crippen molar-refractivity contribution in [1.82, 2.24) is 10.6 Å². The summed E-state index contributed by atoms with van der Waals surface area (Å²) in [6.07, 6.45) is 1.05. The predicted molar refractivity (Wildman–Crippen MR) is 90.5 cm³/mol. The van der Waals surface area contributed by atoms with Gasteiger partial charge in [0, 0.05) is 17.1 Å². The maximum atomic E-state index is 12.1. The Kier molecular flexibility index (Phi) is 4.84. The lowest BCUT2D eigenvalue weighted by atomic mass is 10.1. The van der Waals surface area contributed by atoms with E-state index < -0.39 is 6.10 Å². The number of aryl methyl sites for hydroxylation is 1. The number of rotatable bonds is 4. The van der Waals surface area contributed by atoms with Crippen molar-refractivity contribution in [2.45, 2.75) is 25.0 Å². The molecule has 0 spiro atoms. The Balaban J connectivity index is 1.54. The third kappa shape index (κ3) is 3.66. The molecule has 0 aliphatic heterocycles. The topological polar surface area (TPSA) is 61.4 Å². The van der Waals surface area contributed by atoms with Gasteiger partial charge in [-0.05, 0) is 30.0 Å². The molecule has 1 aliphatic carbocycles. The van der Waals surface area contributed by atoms with Gasteiger partial charge < -0.3 is 15.7 Å². The van der Waals surface area contributed by atoms with E-state index in [1.54, 1.807) is 24.3 Å². The summed E-state index contributed by atoms with van der Waals surface area (Å²) in [4.78, 5) is 12.1. The number of urea groups is 1. The summed E-state index contributed by atoms with van der Waals surface area (Å²) in [5.41, 5.74) is 3.07. The Morgan fingerprint density at radius 2 is 1.96 bits per heavy atom. The van der Waals surface area contributed by atoms with E-state index in [1.807, 2.05) is 18.2 Å². The van der Waals surface area contributed by atoms with Crippen molar-refractivity contribution in [3.05, 3.63) is 70.2 Å². The van der Waals surface area contributed by atoms with Crippen molar-refractivity contribution in [2.75, 3.05) is 6.54 Å². The number of aliphatic hydroxyl groups excluding tert-OH is 1. The van der Waals surface area contributed by atoms with Crippen molar-refractivity contribution >= 4 is 17.6 Å². The van der Waals surface area contributed by atoms with Crippen LogP contribution in [0.2, 0.25) is 5.02 Å². The number of nitrogens with one attached hydrogen (secondary N) is 2. The number of carbonyl (C=O) groups excluding carboxylic acids is 1. The van der Waals surface area contributed by atoms with Gasteiger partial charge in [-0.2, -0.15) is 0 Å². The zero-order valence-electron chi connectivity index (χ0n) is 12.6. The molecule has 120 valence electrons. The number of fused-ring (bicyclic) bond motifs is 1. The number of hydrogen-bond acceptors (Lipinski definition) is 2. The maximum Gasteiger partial charge on any atom is 0.315 e. The van der Waals surface area contributed by atoms with Crippen LogP contribution in [-0.4, -0.2) is 17.7 Å². The summed E-state index contributed by atoms with van der Waals surface area (Å²) in [5, 5.41) is 16.3. The lowest BCUT2D eigenvalue weighted by molar-refractivity contribution is 0.172. The first kappa shape index (κ1) is 15.8. The summed E-state index contributed by atoms with van der Waals surface area (Å²) in [6, 6.07) is 15.0. The average Bonchev–Trinajstić information content (AvgIpc) is 2.96. The van der Waals surface area contributed by atoms with E-state index in [9.17, 15) is 9.90 Å². The van der Waals surface area contributed by atoms with Crippen LogP contribution in [0.25, 0.3) is 0 Å².